The van der Waals surface area contributed by atoms with Gasteiger partial charge in [0.2, 0.25) is 0 Å². The van der Waals surface area contributed by atoms with E-state index in [0.717, 1.165) is 0 Å². The summed E-state index contributed by atoms with van der Waals surface area (Å²) < 4.78 is 13.3. The summed E-state index contributed by atoms with van der Waals surface area (Å²) in [6.07, 6.45) is -0.228. The maximum atomic E-state index is 13.3. The average Bonchev–Trinajstić information content (AvgIpc) is 2.13. The lowest BCUT2D eigenvalue weighted by Gasteiger charge is -2.04. The van der Waals surface area contributed by atoms with Crippen LogP contribution >= 0.6 is 0 Å². The van der Waals surface area contributed by atoms with Gasteiger partial charge in [-0.1, -0.05) is 6.07 Å². The summed E-state index contributed by atoms with van der Waals surface area (Å²) in [5.74, 6) is -1.65. The molecule has 0 fully saturated rings. The summed E-state index contributed by atoms with van der Waals surface area (Å²) in [4.78, 5) is 10.4. The molecule has 0 amide bonds. The lowest BCUT2D eigenvalue weighted by Crippen LogP contribution is -2.04. The van der Waals surface area contributed by atoms with E-state index < -0.39 is 11.8 Å². The predicted octanol–water partition coefficient (Wildman–Crippen LogP) is 1.63. The van der Waals surface area contributed by atoms with Crippen LogP contribution in [0.3, 0.4) is 0 Å². The number of nitrogens with zero attached hydrogens (tertiary/aromatic N) is 1. The van der Waals surface area contributed by atoms with Crippen molar-refractivity contribution < 1.29 is 14.3 Å². The second-order valence-electron chi connectivity index (χ2n) is 2.89. The molecule has 0 aliphatic heterocycles. The van der Waals surface area contributed by atoms with Crippen LogP contribution in [0, 0.1) is 24.1 Å². The molecule has 4 heteroatoms. The standard InChI is InChI=1S/C10H8FNO2/c1-6-7(4-9(13)14)2-3-8(5-12)10(6)11/h2-3H,4H2,1H3,(H,13,14). The maximum absolute atomic E-state index is 13.3. The minimum atomic E-state index is -1.02. The van der Waals surface area contributed by atoms with Gasteiger partial charge in [-0.05, 0) is 24.1 Å². The van der Waals surface area contributed by atoms with Crippen molar-refractivity contribution in [3.8, 4) is 6.07 Å². The van der Waals surface area contributed by atoms with Crippen molar-refractivity contribution in [3.63, 3.8) is 0 Å². The Balaban J connectivity index is 3.18. The molecule has 0 spiro atoms. The lowest BCUT2D eigenvalue weighted by molar-refractivity contribution is -0.136. The van der Waals surface area contributed by atoms with Gasteiger partial charge < -0.3 is 5.11 Å². The molecule has 72 valence electrons. The van der Waals surface area contributed by atoms with E-state index in [2.05, 4.69) is 0 Å². The van der Waals surface area contributed by atoms with E-state index in [0.29, 0.717) is 5.56 Å². The number of aliphatic carboxylic acids is 1. The monoisotopic (exact) mass is 193 g/mol. The van der Waals surface area contributed by atoms with Crippen LogP contribution in [0.15, 0.2) is 12.1 Å². The van der Waals surface area contributed by atoms with Crippen molar-refractivity contribution in [1.29, 1.82) is 5.26 Å². The van der Waals surface area contributed by atoms with Gasteiger partial charge in [0.25, 0.3) is 0 Å². The third-order valence-corrected chi connectivity index (χ3v) is 1.96. The molecular formula is C10H8FNO2. The molecule has 0 atom stereocenters. The Hall–Kier alpha value is -1.89. The number of hydrogen-bond donors (Lipinski definition) is 1. The van der Waals surface area contributed by atoms with Crippen LogP contribution in [0.25, 0.3) is 0 Å². The molecule has 1 N–H and O–H groups in total. The number of benzene rings is 1. The summed E-state index contributed by atoms with van der Waals surface area (Å²) in [7, 11) is 0. The van der Waals surface area contributed by atoms with E-state index in [4.69, 9.17) is 10.4 Å². The molecule has 3 nitrogen and oxygen atoms in total. The summed E-state index contributed by atoms with van der Waals surface area (Å²) >= 11 is 0. The quantitative estimate of drug-likeness (QED) is 0.776. The molecule has 1 aromatic carbocycles. The molecule has 14 heavy (non-hydrogen) atoms. The van der Waals surface area contributed by atoms with Gasteiger partial charge in [0.1, 0.15) is 11.9 Å². The van der Waals surface area contributed by atoms with Crippen molar-refractivity contribution in [1.82, 2.24) is 0 Å². The molecule has 0 saturated carbocycles. The van der Waals surface area contributed by atoms with Crippen LogP contribution in [0.4, 0.5) is 4.39 Å². The third-order valence-electron chi connectivity index (χ3n) is 1.96. The molecule has 0 unspecified atom stereocenters. The first-order valence-corrected chi connectivity index (χ1v) is 3.96. The van der Waals surface area contributed by atoms with Crippen LogP contribution in [0.2, 0.25) is 0 Å². The molecule has 0 saturated heterocycles. The van der Waals surface area contributed by atoms with E-state index in [1.165, 1.54) is 19.1 Å². The number of halogens is 1. The summed E-state index contributed by atoms with van der Waals surface area (Å²) in [5.41, 5.74) is 0.567. The van der Waals surface area contributed by atoms with Crippen LogP contribution < -0.4 is 0 Å². The Morgan fingerprint density at radius 2 is 2.29 bits per heavy atom. The van der Waals surface area contributed by atoms with Gasteiger partial charge in [0.05, 0.1) is 12.0 Å². The van der Waals surface area contributed by atoms with Crippen LogP contribution in [0.1, 0.15) is 16.7 Å². The normalized spacial score (nSPS) is 9.50. The van der Waals surface area contributed by atoms with Gasteiger partial charge >= 0.3 is 5.97 Å². The predicted molar refractivity (Wildman–Crippen MR) is 47.2 cm³/mol. The van der Waals surface area contributed by atoms with Gasteiger partial charge in [-0.25, -0.2) is 4.39 Å². The molecule has 0 aliphatic rings. The summed E-state index contributed by atoms with van der Waals surface area (Å²) in [6, 6.07) is 4.45. The zero-order valence-corrected chi connectivity index (χ0v) is 7.54. The van der Waals surface area contributed by atoms with Crippen molar-refractivity contribution in [2.24, 2.45) is 0 Å². The number of nitriles is 1. The fourth-order valence-electron chi connectivity index (χ4n) is 1.17. The van der Waals surface area contributed by atoms with E-state index in [9.17, 15) is 9.18 Å². The van der Waals surface area contributed by atoms with E-state index in [1.54, 1.807) is 6.07 Å². The Bertz CT molecular complexity index is 421. The highest BCUT2D eigenvalue weighted by Crippen LogP contribution is 2.16. The van der Waals surface area contributed by atoms with Gasteiger partial charge in [-0.2, -0.15) is 5.26 Å². The second kappa shape index (κ2) is 3.88. The van der Waals surface area contributed by atoms with E-state index >= 15 is 0 Å². The van der Waals surface area contributed by atoms with Crippen LogP contribution in [-0.2, 0) is 11.2 Å². The van der Waals surface area contributed by atoms with E-state index in [-0.39, 0.29) is 17.5 Å². The smallest absolute Gasteiger partial charge is 0.307 e. The molecule has 0 aromatic heterocycles. The van der Waals surface area contributed by atoms with Gasteiger partial charge in [0.15, 0.2) is 0 Å². The van der Waals surface area contributed by atoms with Crippen LogP contribution in [-0.4, -0.2) is 11.1 Å². The minimum Gasteiger partial charge on any atom is -0.481 e. The number of carboxylic acids is 1. The number of carboxylic acid groups (broad SMARTS) is 1. The Kier molecular flexibility index (Phi) is 2.82. The number of carbonyl (C=O) groups is 1. The Morgan fingerprint density at radius 1 is 1.64 bits per heavy atom. The second-order valence-corrected chi connectivity index (χ2v) is 2.89. The first kappa shape index (κ1) is 10.2. The largest absolute Gasteiger partial charge is 0.481 e. The third kappa shape index (κ3) is 1.88. The van der Waals surface area contributed by atoms with Crippen molar-refractivity contribution in [2.75, 3.05) is 0 Å². The van der Waals surface area contributed by atoms with Crippen LogP contribution in [0.5, 0.6) is 0 Å². The molecular weight excluding hydrogens is 185 g/mol. The van der Waals surface area contributed by atoms with E-state index in [1.807, 2.05) is 0 Å². The van der Waals surface area contributed by atoms with Crippen molar-refractivity contribution in [3.05, 3.63) is 34.6 Å². The van der Waals surface area contributed by atoms with Crippen molar-refractivity contribution in [2.45, 2.75) is 13.3 Å². The SMILES string of the molecule is Cc1c(CC(=O)O)ccc(C#N)c1F. The molecule has 0 heterocycles. The Labute approximate surface area is 80.4 Å². The molecule has 1 rings (SSSR count). The Morgan fingerprint density at radius 3 is 2.79 bits per heavy atom. The lowest BCUT2D eigenvalue weighted by atomic mass is 10.0. The first-order valence-electron chi connectivity index (χ1n) is 3.96. The molecule has 1 aromatic rings. The molecule has 0 radical (unpaired) electrons. The van der Waals surface area contributed by atoms with Gasteiger partial charge in [-0.3, -0.25) is 4.79 Å². The van der Waals surface area contributed by atoms with Crippen molar-refractivity contribution >= 4 is 5.97 Å². The zero-order chi connectivity index (χ0) is 10.7. The fraction of sp³-hybridized carbons (Fsp3) is 0.200. The fourth-order valence-corrected chi connectivity index (χ4v) is 1.17. The highest BCUT2D eigenvalue weighted by Gasteiger charge is 2.11. The first-order chi connectivity index (χ1) is 6.56. The molecule has 0 aliphatic carbocycles. The maximum Gasteiger partial charge on any atom is 0.307 e. The number of rotatable bonds is 2. The minimum absolute atomic E-state index is 0.0587. The number of hydrogen-bond acceptors (Lipinski definition) is 2. The summed E-state index contributed by atoms with van der Waals surface area (Å²) in [6.45, 7) is 1.47. The molecule has 0 bridgehead atoms. The highest BCUT2D eigenvalue weighted by atomic mass is 19.1. The van der Waals surface area contributed by atoms with Gasteiger partial charge in [0, 0.05) is 0 Å². The average molecular weight is 193 g/mol. The zero-order valence-electron chi connectivity index (χ0n) is 7.54. The summed E-state index contributed by atoms with van der Waals surface area (Å²) in [5, 5.41) is 17.0. The topological polar surface area (TPSA) is 61.1 Å². The van der Waals surface area contributed by atoms with Gasteiger partial charge in [-0.15, -0.1) is 0 Å². The highest BCUT2D eigenvalue weighted by molar-refractivity contribution is 5.70.